The number of hydrogen-bond donors (Lipinski definition) is 1. The van der Waals surface area contributed by atoms with E-state index < -0.39 is 12.6 Å². The van der Waals surface area contributed by atoms with E-state index in [1.54, 1.807) is 6.07 Å². The fourth-order valence-electron chi connectivity index (χ4n) is 5.14. The van der Waals surface area contributed by atoms with Crippen LogP contribution in [0.2, 0.25) is 0 Å². The van der Waals surface area contributed by atoms with Crippen molar-refractivity contribution in [2.45, 2.75) is 37.7 Å². The molecule has 0 aliphatic carbocycles. The van der Waals surface area contributed by atoms with E-state index in [1.807, 2.05) is 0 Å². The van der Waals surface area contributed by atoms with Crippen LogP contribution in [0.25, 0.3) is 10.2 Å². The van der Waals surface area contributed by atoms with Gasteiger partial charge in [0.25, 0.3) is 0 Å². The summed E-state index contributed by atoms with van der Waals surface area (Å²) in [6, 6.07) is 10.3. The van der Waals surface area contributed by atoms with Gasteiger partial charge in [-0.3, -0.25) is 10.0 Å². The van der Waals surface area contributed by atoms with Gasteiger partial charge in [0.05, 0.1) is 11.8 Å². The van der Waals surface area contributed by atoms with Gasteiger partial charge < -0.3 is 4.90 Å². The van der Waals surface area contributed by atoms with Gasteiger partial charge in [0.1, 0.15) is 17.0 Å². The molecule has 2 saturated heterocycles. The number of anilines is 1. The summed E-state index contributed by atoms with van der Waals surface area (Å²) in [5.41, 5.74) is 2.75. The lowest BCUT2D eigenvalue weighted by Gasteiger charge is -2.25. The average molecular weight is 494 g/mol. The summed E-state index contributed by atoms with van der Waals surface area (Å²) < 4.78 is 38.6. The molecule has 1 atom stereocenters. The van der Waals surface area contributed by atoms with Crippen LogP contribution in [0.3, 0.4) is 0 Å². The quantitative estimate of drug-likeness (QED) is 0.488. The van der Waals surface area contributed by atoms with Gasteiger partial charge in [-0.25, -0.2) is 9.97 Å². The molecule has 1 spiro atoms. The van der Waals surface area contributed by atoms with Crippen molar-refractivity contribution in [3.63, 3.8) is 0 Å². The zero-order chi connectivity index (χ0) is 23.1. The van der Waals surface area contributed by atoms with E-state index in [0.717, 1.165) is 73.9 Å². The zero-order valence-corrected chi connectivity index (χ0v) is 19.8. The fraction of sp³-hybridized carbons (Fsp3) is 0.478. The minimum absolute atomic E-state index is 0.207. The van der Waals surface area contributed by atoms with Gasteiger partial charge in [-0.05, 0) is 36.6 Å². The molecule has 5 rings (SSSR count). The summed E-state index contributed by atoms with van der Waals surface area (Å²) >= 11 is 2.45. The molecule has 33 heavy (non-hydrogen) atoms. The first-order valence-corrected chi connectivity index (χ1v) is 12.9. The number of fused-ring (bicyclic) bond motifs is 1. The Balaban J connectivity index is 1.26. The summed E-state index contributed by atoms with van der Waals surface area (Å²) in [4.78, 5) is 14.4. The third-order valence-corrected chi connectivity index (χ3v) is 8.21. The van der Waals surface area contributed by atoms with E-state index in [4.69, 9.17) is 5.14 Å². The van der Waals surface area contributed by atoms with Crippen molar-refractivity contribution in [2.24, 2.45) is 10.6 Å². The van der Waals surface area contributed by atoms with Crippen LogP contribution in [-0.4, -0.2) is 47.2 Å². The number of hydrogen-bond acceptors (Lipinski definition) is 7. The Bertz CT molecular complexity index is 1120. The molecular formula is C23H26F3N5S2. The molecule has 1 aromatic carbocycles. The lowest BCUT2D eigenvalue weighted by atomic mass is 9.86. The van der Waals surface area contributed by atoms with Crippen molar-refractivity contribution in [2.75, 3.05) is 31.1 Å². The van der Waals surface area contributed by atoms with Crippen LogP contribution in [0.4, 0.5) is 19.0 Å². The number of rotatable bonds is 6. The Hall–Kier alpha value is -1.88. The number of benzene rings is 1. The normalized spacial score (nSPS) is 21.6. The highest BCUT2D eigenvalue weighted by atomic mass is 32.2. The summed E-state index contributed by atoms with van der Waals surface area (Å²) in [6.07, 6.45) is -1.46. The monoisotopic (exact) mass is 493 g/mol. The second kappa shape index (κ2) is 9.05. The standard InChI is InChI=1S/C23H26F3N5S2/c24-23(25,26)10-18-9-19-20(28-15-29-21(19)33-18)31-8-6-22(14-31)5-7-30(13-22)11-16-1-3-17(4-2-16)12-32-27/h1-4,9,15H,5-8,10-14,27H2. The first-order valence-electron chi connectivity index (χ1n) is 11.0. The zero-order valence-electron chi connectivity index (χ0n) is 18.1. The van der Waals surface area contributed by atoms with Crippen molar-refractivity contribution in [3.8, 4) is 0 Å². The third-order valence-electron chi connectivity index (χ3n) is 6.67. The van der Waals surface area contributed by atoms with Crippen molar-refractivity contribution in [3.05, 3.63) is 52.7 Å². The van der Waals surface area contributed by atoms with E-state index in [-0.39, 0.29) is 10.3 Å². The predicted molar refractivity (Wildman–Crippen MR) is 128 cm³/mol. The van der Waals surface area contributed by atoms with Gasteiger partial charge >= 0.3 is 6.18 Å². The topological polar surface area (TPSA) is 58.3 Å². The molecule has 1 unspecified atom stereocenters. The molecule has 0 radical (unpaired) electrons. The number of thiophene rings is 1. The minimum Gasteiger partial charge on any atom is -0.355 e. The molecule has 5 nitrogen and oxygen atoms in total. The maximum Gasteiger partial charge on any atom is 0.393 e. The predicted octanol–water partition coefficient (Wildman–Crippen LogP) is 5.01. The Morgan fingerprint density at radius 3 is 2.58 bits per heavy atom. The van der Waals surface area contributed by atoms with Crippen molar-refractivity contribution >= 4 is 39.3 Å². The summed E-state index contributed by atoms with van der Waals surface area (Å²) in [5.74, 6) is 1.59. The molecule has 10 heteroatoms. The second-order valence-electron chi connectivity index (χ2n) is 9.18. The highest BCUT2D eigenvalue weighted by Crippen LogP contribution is 2.43. The molecule has 0 saturated carbocycles. The number of alkyl halides is 3. The maximum absolute atomic E-state index is 12.9. The SMILES string of the molecule is NSCc1ccc(CN2CCC3(CCN(c4ncnc5sc(CC(F)(F)F)cc45)C3)C2)cc1. The van der Waals surface area contributed by atoms with Gasteiger partial charge in [0.2, 0.25) is 0 Å². The minimum atomic E-state index is -4.22. The molecule has 2 N–H and O–H groups in total. The summed E-state index contributed by atoms with van der Waals surface area (Å²) in [7, 11) is 0. The number of halogens is 3. The van der Waals surface area contributed by atoms with Gasteiger partial charge in [-0.1, -0.05) is 36.2 Å². The van der Waals surface area contributed by atoms with E-state index in [0.29, 0.717) is 4.83 Å². The smallest absolute Gasteiger partial charge is 0.355 e. The molecule has 2 fully saturated rings. The van der Waals surface area contributed by atoms with Gasteiger partial charge in [0, 0.05) is 42.2 Å². The van der Waals surface area contributed by atoms with Gasteiger partial charge in [-0.15, -0.1) is 11.3 Å². The number of likely N-dealkylation sites (tertiary alicyclic amines) is 1. The summed E-state index contributed by atoms with van der Waals surface area (Å²) in [6.45, 7) is 4.77. The van der Waals surface area contributed by atoms with E-state index in [2.05, 4.69) is 44.0 Å². The molecular weight excluding hydrogens is 467 g/mol. The first kappa shape index (κ1) is 22.9. The Kier molecular flexibility index (Phi) is 6.28. The van der Waals surface area contributed by atoms with Crippen molar-refractivity contribution in [1.29, 1.82) is 0 Å². The first-order chi connectivity index (χ1) is 15.8. The molecule has 4 heterocycles. The van der Waals surface area contributed by atoms with E-state index in [1.165, 1.54) is 29.4 Å². The largest absolute Gasteiger partial charge is 0.393 e. The van der Waals surface area contributed by atoms with Gasteiger partial charge in [-0.2, -0.15) is 13.2 Å². The molecule has 2 aromatic heterocycles. The van der Waals surface area contributed by atoms with Crippen molar-refractivity contribution < 1.29 is 13.2 Å². The number of aromatic nitrogens is 2. The van der Waals surface area contributed by atoms with Crippen LogP contribution < -0.4 is 10.0 Å². The highest BCUT2D eigenvalue weighted by Gasteiger charge is 2.44. The molecule has 2 aliphatic heterocycles. The van der Waals surface area contributed by atoms with Crippen LogP contribution >= 0.6 is 23.3 Å². The fourth-order valence-corrected chi connectivity index (χ4v) is 6.54. The molecule has 176 valence electrons. The molecule has 3 aromatic rings. The number of nitrogens with two attached hydrogens (primary N) is 1. The Labute approximate surface area is 199 Å². The van der Waals surface area contributed by atoms with Crippen LogP contribution in [0.1, 0.15) is 28.8 Å². The van der Waals surface area contributed by atoms with Crippen LogP contribution in [0.5, 0.6) is 0 Å². The van der Waals surface area contributed by atoms with Crippen LogP contribution in [0.15, 0.2) is 36.7 Å². The van der Waals surface area contributed by atoms with Crippen LogP contribution in [-0.2, 0) is 18.7 Å². The lowest BCUT2D eigenvalue weighted by molar-refractivity contribution is -0.126. The van der Waals surface area contributed by atoms with E-state index in [9.17, 15) is 13.2 Å². The van der Waals surface area contributed by atoms with E-state index >= 15 is 0 Å². The lowest BCUT2D eigenvalue weighted by Crippen LogP contribution is -2.31. The Morgan fingerprint density at radius 2 is 1.82 bits per heavy atom. The van der Waals surface area contributed by atoms with Gasteiger partial charge in [0.15, 0.2) is 0 Å². The van der Waals surface area contributed by atoms with Crippen molar-refractivity contribution in [1.82, 2.24) is 14.9 Å². The maximum atomic E-state index is 12.9. The number of nitrogens with zero attached hydrogens (tertiary/aromatic N) is 4. The average Bonchev–Trinajstić information content (AvgIpc) is 3.47. The second-order valence-corrected chi connectivity index (χ2v) is 10.9. The third kappa shape index (κ3) is 5.13. The highest BCUT2D eigenvalue weighted by molar-refractivity contribution is 7.96. The summed E-state index contributed by atoms with van der Waals surface area (Å²) in [5, 5.41) is 6.30. The van der Waals surface area contributed by atoms with Crippen LogP contribution in [0, 0.1) is 5.41 Å². The molecule has 2 aliphatic rings. The molecule has 0 amide bonds. The Morgan fingerprint density at radius 1 is 1.06 bits per heavy atom. The molecule has 0 bridgehead atoms.